The summed E-state index contributed by atoms with van der Waals surface area (Å²) in [6.45, 7) is 4.27. The third-order valence-corrected chi connectivity index (χ3v) is 11.0. The summed E-state index contributed by atoms with van der Waals surface area (Å²) in [6.07, 6.45) is 8.10. The van der Waals surface area contributed by atoms with E-state index >= 15 is 0 Å². The fourth-order valence-electron chi connectivity index (χ4n) is 8.30. The highest BCUT2D eigenvalue weighted by Gasteiger charge is 2.21. The van der Waals surface area contributed by atoms with Gasteiger partial charge in [-0.25, -0.2) is 0 Å². The molecule has 55 heavy (non-hydrogen) atoms. The molecule has 0 amide bonds. The number of benzene rings is 9. The van der Waals surface area contributed by atoms with Crippen molar-refractivity contribution in [2.24, 2.45) is 0 Å². The lowest BCUT2D eigenvalue weighted by Crippen LogP contribution is -2.34. The molecule has 0 saturated heterocycles. The van der Waals surface area contributed by atoms with Crippen LogP contribution in [-0.2, 0) is 0 Å². The van der Waals surface area contributed by atoms with Crippen molar-refractivity contribution in [3.8, 4) is 33.4 Å². The standard InChI is InChI=1S/C53H38N2/c1-36-13-11-12-32-55(46-18-3-2-4-19-46)53(54-36)40-26-22-39(23-27-40)43-30-31-49-50(35-43)52(45-29-25-38-15-6-8-17-42(38)34-45)48-21-10-9-20-47(48)51(49)44-28-24-37-14-5-7-16-41(37)33-44/h2-35,53-54H,1H2/b13-11-,32-12-. The van der Waals surface area contributed by atoms with Gasteiger partial charge in [0.2, 0.25) is 0 Å². The van der Waals surface area contributed by atoms with Gasteiger partial charge in [-0.2, -0.15) is 0 Å². The van der Waals surface area contributed by atoms with Crippen LogP contribution in [0.5, 0.6) is 0 Å². The van der Waals surface area contributed by atoms with Gasteiger partial charge in [0.1, 0.15) is 6.17 Å². The summed E-state index contributed by atoms with van der Waals surface area (Å²) in [4.78, 5) is 2.26. The number of allylic oxidation sites excluding steroid dienone is 3. The number of nitrogens with one attached hydrogen (secondary N) is 1. The molecule has 1 aliphatic heterocycles. The molecule has 0 aromatic heterocycles. The molecule has 0 bridgehead atoms. The highest BCUT2D eigenvalue weighted by atomic mass is 15.3. The molecule has 0 spiro atoms. The van der Waals surface area contributed by atoms with Crippen molar-refractivity contribution in [1.29, 1.82) is 0 Å². The lowest BCUT2D eigenvalue weighted by atomic mass is 9.84. The summed E-state index contributed by atoms with van der Waals surface area (Å²) >= 11 is 0. The number of hydrogen-bond acceptors (Lipinski definition) is 2. The fourth-order valence-corrected chi connectivity index (χ4v) is 8.30. The Bertz CT molecular complexity index is 2970. The maximum absolute atomic E-state index is 4.27. The highest BCUT2D eigenvalue weighted by molar-refractivity contribution is 6.22. The van der Waals surface area contributed by atoms with Crippen LogP contribution >= 0.6 is 0 Å². The van der Waals surface area contributed by atoms with Gasteiger partial charge < -0.3 is 10.2 Å². The maximum Gasteiger partial charge on any atom is 0.129 e. The second-order valence-corrected chi connectivity index (χ2v) is 14.3. The Labute approximate surface area is 321 Å². The van der Waals surface area contributed by atoms with Gasteiger partial charge in [-0.15, -0.1) is 0 Å². The van der Waals surface area contributed by atoms with E-state index in [-0.39, 0.29) is 6.17 Å². The van der Waals surface area contributed by atoms with Crippen molar-refractivity contribution in [1.82, 2.24) is 5.32 Å². The van der Waals surface area contributed by atoms with Gasteiger partial charge in [-0.05, 0) is 125 Å². The minimum atomic E-state index is -0.128. The molecule has 260 valence electrons. The van der Waals surface area contributed by atoms with E-state index in [9.17, 15) is 0 Å². The first-order valence-corrected chi connectivity index (χ1v) is 18.9. The van der Waals surface area contributed by atoms with Gasteiger partial charge in [0.25, 0.3) is 0 Å². The molecule has 1 heterocycles. The Kier molecular flexibility index (Phi) is 8.08. The molecule has 10 rings (SSSR count). The predicted molar refractivity (Wildman–Crippen MR) is 235 cm³/mol. The lowest BCUT2D eigenvalue weighted by molar-refractivity contribution is 0.610. The summed E-state index contributed by atoms with van der Waals surface area (Å²) in [7, 11) is 0. The average Bonchev–Trinajstić information content (AvgIpc) is 3.24. The normalized spacial score (nSPS) is 15.5. The van der Waals surface area contributed by atoms with Gasteiger partial charge in [-0.3, -0.25) is 0 Å². The van der Waals surface area contributed by atoms with Gasteiger partial charge in [0, 0.05) is 17.6 Å². The Morgan fingerprint density at radius 3 is 1.60 bits per heavy atom. The van der Waals surface area contributed by atoms with Crippen LogP contribution in [0.25, 0.3) is 76.5 Å². The smallest absolute Gasteiger partial charge is 0.129 e. The zero-order valence-corrected chi connectivity index (χ0v) is 30.4. The molecule has 2 nitrogen and oxygen atoms in total. The van der Waals surface area contributed by atoms with Crippen LogP contribution in [0.4, 0.5) is 5.69 Å². The summed E-state index contributed by atoms with van der Waals surface area (Å²) < 4.78 is 0. The molecule has 1 N–H and O–H groups in total. The summed E-state index contributed by atoms with van der Waals surface area (Å²) in [6, 6.07) is 66.5. The average molecular weight is 703 g/mol. The Balaban J connectivity index is 1.16. The summed E-state index contributed by atoms with van der Waals surface area (Å²) in [5.74, 6) is 0. The molecule has 1 atom stereocenters. The van der Waals surface area contributed by atoms with Crippen molar-refractivity contribution in [2.45, 2.75) is 6.17 Å². The maximum atomic E-state index is 4.27. The largest absolute Gasteiger partial charge is 0.362 e. The van der Waals surface area contributed by atoms with Crippen LogP contribution in [0, 0.1) is 0 Å². The molecule has 0 aliphatic carbocycles. The molecule has 0 saturated carbocycles. The van der Waals surface area contributed by atoms with Crippen LogP contribution in [0.2, 0.25) is 0 Å². The predicted octanol–water partition coefficient (Wildman–Crippen LogP) is 14.0. The Morgan fingerprint density at radius 1 is 0.418 bits per heavy atom. The first kappa shape index (κ1) is 32.5. The summed E-state index contributed by atoms with van der Waals surface area (Å²) in [5.41, 5.74) is 10.4. The van der Waals surface area contributed by atoms with Crippen LogP contribution in [0.15, 0.2) is 219 Å². The van der Waals surface area contributed by atoms with E-state index in [4.69, 9.17) is 0 Å². The number of anilines is 1. The van der Waals surface area contributed by atoms with Crippen LogP contribution in [0.3, 0.4) is 0 Å². The van der Waals surface area contributed by atoms with Crippen molar-refractivity contribution < 1.29 is 0 Å². The molecule has 1 unspecified atom stereocenters. The number of hydrogen-bond donors (Lipinski definition) is 1. The number of nitrogens with zero attached hydrogens (tertiary/aromatic N) is 1. The molecule has 0 fully saturated rings. The second kappa shape index (κ2) is 13.7. The van der Waals surface area contributed by atoms with Crippen molar-refractivity contribution in [2.75, 3.05) is 4.90 Å². The molecule has 2 heteroatoms. The first-order chi connectivity index (χ1) is 27.2. The van der Waals surface area contributed by atoms with E-state index in [1.807, 2.05) is 12.2 Å². The van der Waals surface area contributed by atoms with E-state index in [0.29, 0.717) is 0 Å². The van der Waals surface area contributed by atoms with Gasteiger partial charge in [0.15, 0.2) is 0 Å². The summed E-state index contributed by atoms with van der Waals surface area (Å²) in [5, 5.41) is 13.6. The lowest BCUT2D eigenvalue weighted by Gasteiger charge is -2.33. The highest BCUT2D eigenvalue weighted by Crippen LogP contribution is 2.46. The zero-order valence-electron chi connectivity index (χ0n) is 30.4. The van der Waals surface area contributed by atoms with Crippen molar-refractivity contribution in [3.63, 3.8) is 0 Å². The second-order valence-electron chi connectivity index (χ2n) is 14.3. The quantitative estimate of drug-likeness (QED) is 0.180. The topological polar surface area (TPSA) is 15.3 Å². The zero-order chi connectivity index (χ0) is 36.7. The van der Waals surface area contributed by atoms with Gasteiger partial charge in [-0.1, -0.05) is 164 Å². The van der Waals surface area contributed by atoms with Crippen LogP contribution in [-0.4, -0.2) is 0 Å². The molecular formula is C53H38N2. The minimum Gasteiger partial charge on any atom is -0.362 e. The van der Waals surface area contributed by atoms with Crippen LogP contribution < -0.4 is 10.2 Å². The Morgan fingerprint density at radius 2 is 0.945 bits per heavy atom. The van der Waals surface area contributed by atoms with Gasteiger partial charge >= 0.3 is 0 Å². The van der Waals surface area contributed by atoms with E-state index in [2.05, 4.69) is 211 Å². The third kappa shape index (κ3) is 5.95. The molecule has 9 aromatic carbocycles. The number of para-hydroxylation sites is 1. The van der Waals surface area contributed by atoms with E-state index in [1.165, 1.54) is 76.5 Å². The number of fused-ring (bicyclic) bond motifs is 4. The molecule has 9 aromatic rings. The number of rotatable bonds is 5. The first-order valence-electron chi connectivity index (χ1n) is 18.9. The monoisotopic (exact) mass is 702 g/mol. The molecular weight excluding hydrogens is 665 g/mol. The minimum absolute atomic E-state index is 0.128. The van der Waals surface area contributed by atoms with Crippen LogP contribution in [0.1, 0.15) is 11.7 Å². The SMILES string of the molecule is C=C1/C=C\C=C/N(c2ccccc2)C(c2ccc(-c3ccc4c(-c5ccc6ccccc6c5)c5ccccc5c(-c5ccc6ccccc6c5)c4c3)cc2)N1. The third-order valence-electron chi connectivity index (χ3n) is 11.0. The van der Waals surface area contributed by atoms with Crippen molar-refractivity contribution >= 4 is 48.8 Å². The van der Waals surface area contributed by atoms with Crippen molar-refractivity contribution in [3.05, 3.63) is 224 Å². The fraction of sp³-hybridized carbons (Fsp3) is 0.0189. The molecule has 1 aliphatic rings. The van der Waals surface area contributed by atoms with E-state index in [0.717, 1.165) is 16.9 Å². The Hall–Kier alpha value is -7.16. The van der Waals surface area contributed by atoms with E-state index in [1.54, 1.807) is 0 Å². The van der Waals surface area contributed by atoms with E-state index < -0.39 is 0 Å². The molecule has 0 radical (unpaired) electrons. The van der Waals surface area contributed by atoms with Gasteiger partial charge in [0.05, 0.1) is 0 Å².